The molecule has 3 rings (SSSR count). The first-order valence-electron chi connectivity index (χ1n) is 9.17. The number of thioether (sulfide) groups is 1. The van der Waals surface area contributed by atoms with E-state index in [0.29, 0.717) is 34.1 Å². The lowest BCUT2D eigenvalue weighted by Crippen LogP contribution is -2.31. The van der Waals surface area contributed by atoms with Gasteiger partial charge in [-0.15, -0.1) is 11.8 Å². The van der Waals surface area contributed by atoms with Gasteiger partial charge in [0.1, 0.15) is 0 Å². The van der Waals surface area contributed by atoms with Crippen LogP contribution in [0.5, 0.6) is 0 Å². The van der Waals surface area contributed by atoms with E-state index in [1.54, 1.807) is 24.3 Å². The van der Waals surface area contributed by atoms with Gasteiger partial charge in [0.15, 0.2) is 0 Å². The second-order valence-electron chi connectivity index (χ2n) is 6.13. The van der Waals surface area contributed by atoms with Gasteiger partial charge in [0.25, 0.3) is 11.8 Å². The number of benzene rings is 2. The Hall–Kier alpha value is -2.86. The molecule has 28 heavy (non-hydrogen) atoms. The number of esters is 1. The first-order valence-corrected chi connectivity index (χ1v) is 10.2. The lowest BCUT2D eigenvalue weighted by molar-refractivity contribution is -0.119. The Morgan fingerprint density at radius 2 is 1.64 bits per heavy atom. The van der Waals surface area contributed by atoms with Gasteiger partial charge in [-0.2, -0.15) is 0 Å². The van der Waals surface area contributed by atoms with Crippen molar-refractivity contribution in [1.82, 2.24) is 0 Å². The van der Waals surface area contributed by atoms with E-state index in [2.05, 4.69) is 0 Å². The van der Waals surface area contributed by atoms with Crippen LogP contribution in [0.2, 0.25) is 0 Å². The molecule has 0 aliphatic carbocycles. The van der Waals surface area contributed by atoms with Gasteiger partial charge in [-0.1, -0.05) is 44.2 Å². The number of hydrogen-bond acceptors (Lipinski definition) is 5. The van der Waals surface area contributed by atoms with Crippen LogP contribution in [0.3, 0.4) is 0 Å². The summed E-state index contributed by atoms with van der Waals surface area (Å²) in [6.45, 7) is 4.22. The molecular formula is C22H21NO4S. The highest BCUT2D eigenvalue weighted by Gasteiger charge is 2.39. The first-order chi connectivity index (χ1) is 13.6. The van der Waals surface area contributed by atoms with Crippen LogP contribution >= 0.6 is 11.8 Å². The third-order valence-electron chi connectivity index (χ3n) is 4.19. The molecule has 144 valence electrons. The highest BCUT2D eigenvalue weighted by atomic mass is 32.2. The van der Waals surface area contributed by atoms with Crippen molar-refractivity contribution >= 4 is 40.8 Å². The number of rotatable bonds is 7. The average molecular weight is 395 g/mol. The number of amides is 2. The Kier molecular flexibility index (Phi) is 6.31. The fourth-order valence-corrected chi connectivity index (χ4v) is 3.76. The molecule has 0 unspecified atom stereocenters. The van der Waals surface area contributed by atoms with Crippen molar-refractivity contribution in [3.05, 3.63) is 70.6 Å². The molecule has 2 aromatic rings. The second-order valence-corrected chi connectivity index (χ2v) is 7.41. The van der Waals surface area contributed by atoms with Crippen LogP contribution in [0.1, 0.15) is 36.2 Å². The van der Waals surface area contributed by atoms with E-state index in [-0.39, 0.29) is 11.8 Å². The maximum Gasteiger partial charge on any atom is 0.338 e. The Morgan fingerprint density at radius 1 is 0.964 bits per heavy atom. The highest BCUT2D eigenvalue weighted by Crippen LogP contribution is 2.38. The van der Waals surface area contributed by atoms with Crippen molar-refractivity contribution in [3.8, 4) is 0 Å². The van der Waals surface area contributed by atoms with E-state index in [1.807, 2.05) is 44.2 Å². The van der Waals surface area contributed by atoms with Gasteiger partial charge in [-0.25, -0.2) is 9.69 Å². The molecular weight excluding hydrogens is 374 g/mol. The quantitative estimate of drug-likeness (QED) is 0.517. The SMILES string of the molecule is CCCOC(=O)c1ccc(N2C(=O)C(SCC)=C(c3ccccc3)C2=O)cc1. The Bertz CT molecular complexity index is 919. The van der Waals surface area contributed by atoms with Crippen LogP contribution in [0.4, 0.5) is 5.69 Å². The zero-order chi connectivity index (χ0) is 20.1. The molecule has 5 nitrogen and oxygen atoms in total. The van der Waals surface area contributed by atoms with Crippen molar-refractivity contribution < 1.29 is 19.1 Å². The monoisotopic (exact) mass is 395 g/mol. The molecule has 0 fully saturated rings. The van der Waals surface area contributed by atoms with Crippen molar-refractivity contribution in [3.63, 3.8) is 0 Å². The maximum absolute atomic E-state index is 13.1. The summed E-state index contributed by atoms with van der Waals surface area (Å²) in [5, 5.41) is 0. The summed E-state index contributed by atoms with van der Waals surface area (Å²) in [5.41, 5.74) is 1.96. The minimum atomic E-state index is -0.419. The van der Waals surface area contributed by atoms with E-state index >= 15 is 0 Å². The van der Waals surface area contributed by atoms with E-state index < -0.39 is 5.97 Å². The van der Waals surface area contributed by atoms with Gasteiger partial charge in [0.05, 0.1) is 28.3 Å². The molecule has 0 saturated carbocycles. The highest BCUT2D eigenvalue weighted by molar-refractivity contribution is 8.04. The topological polar surface area (TPSA) is 63.7 Å². The molecule has 2 aromatic carbocycles. The lowest BCUT2D eigenvalue weighted by Gasteiger charge is -2.15. The number of anilines is 1. The zero-order valence-electron chi connectivity index (χ0n) is 15.8. The van der Waals surface area contributed by atoms with E-state index in [1.165, 1.54) is 16.7 Å². The third-order valence-corrected chi connectivity index (χ3v) is 5.15. The number of carbonyl (C=O) groups is 3. The summed E-state index contributed by atoms with van der Waals surface area (Å²) >= 11 is 1.36. The van der Waals surface area contributed by atoms with E-state index in [0.717, 1.165) is 12.0 Å². The van der Waals surface area contributed by atoms with Gasteiger partial charge >= 0.3 is 5.97 Å². The number of ether oxygens (including phenoxy) is 1. The van der Waals surface area contributed by atoms with Crippen molar-refractivity contribution in [1.29, 1.82) is 0 Å². The summed E-state index contributed by atoms with van der Waals surface area (Å²) < 4.78 is 5.11. The Morgan fingerprint density at radius 3 is 2.25 bits per heavy atom. The van der Waals surface area contributed by atoms with Gasteiger partial charge < -0.3 is 4.74 Å². The fraction of sp³-hybridized carbons (Fsp3) is 0.227. The van der Waals surface area contributed by atoms with E-state index in [4.69, 9.17) is 4.74 Å². The molecule has 1 aliphatic heterocycles. The summed E-state index contributed by atoms with van der Waals surface area (Å²) in [5.74, 6) is -0.427. The predicted molar refractivity (Wildman–Crippen MR) is 111 cm³/mol. The number of nitrogens with zero attached hydrogens (tertiary/aromatic N) is 1. The van der Waals surface area contributed by atoms with Crippen LogP contribution < -0.4 is 4.90 Å². The Labute approximate surface area is 168 Å². The van der Waals surface area contributed by atoms with Crippen LogP contribution in [-0.4, -0.2) is 30.1 Å². The van der Waals surface area contributed by atoms with Crippen molar-refractivity contribution in [2.45, 2.75) is 20.3 Å². The van der Waals surface area contributed by atoms with Crippen LogP contribution in [0.15, 0.2) is 59.5 Å². The molecule has 1 heterocycles. The van der Waals surface area contributed by atoms with Gasteiger partial charge in [0.2, 0.25) is 0 Å². The molecule has 0 atom stereocenters. The molecule has 0 bridgehead atoms. The van der Waals surface area contributed by atoms with Gasteiger partial charge in [-0.3, -0.25) is 9.59 Å². The number of carbonyl (C=O) groups excluding carboxylic acids is 3. The van der Waals surface area contributed by atoms with Crippen LogP contribution in [0.25, 0.3) is 5.57 Å². The molecule has 1 aliphatic rings. The fourth-order valence-electron chi connectivity index (χ4n) is 2.91. The zero-order valence-corrected chi connectivity index (χ0v) is 16.6. The molecule has 0 N–H and O–H groups in total. The normalized spacial score (nSPS) is 14.0. The van der Waals surface area contributed by atoms with E-state index in [9.17, 15) is 14.4 Å². The van der Waals surface area contributed by atoms with Crippen LogP contribution in [0, 0.1) is 0 Å². The lowest BCUT2D eigenvalue weighted by atomic mass is 10.1. The summed E-state index contributed by atoms with van der Waals surface area (Å²) in [4.78, 5) is 39.7. The number of hydrogen-bond donors (Lipinski definition) is 0. The van der Waals surface area contributed by atoms with Gasteiger partial charge in [-0.05, 0) is 42.0 Å². The third kappa shape index (κ3) is 3.87. The number of imide groups is 1. The van der Waals surface area contributed by atoms with Crippen molar-refractivity contribution in [2.24, 2.45) is 0 Å². The molecule has 0 saturated heterocycles. The van der Waals surface area contributed by atoms with Crippen LogP contribution in [-0.2, 0) is 14.3 Å². The van der Waals surface area contributed by atoms with Crippen molar-refractivity contribution in [2.75, 3.05) is 17.3 Å². The largest absolute Gasteiger partial charge is 0.462 e. The average Bonchev–Trinajstić information content (AvgIpc) is 2.97. The summed E-state index contributed by atoms with van der Waals surface area (Å²) in [7, 11) is 0. The first kappa shape index (κ1) is 19.9. The minimum Gasteiger partial charge on any atom is -0.462 e. The predicted octanol–water partition coefficient (Wildman–Crippen LogP) is 4.29. The van der Waals surface area contributed by atoms with Gasteiger partial charge in [0, 0.05) is 0 Å². The second kappa shape index (κ2) is 8.89. The standard InChI is InChI=1S/C22H21NO4S/c1-3-14-27-22(26)16-10-12-17(13-11-16)23-20(24)18(15-8-6-5-7-9-15)19(21(23)25)28-4-2/h5-13H,3-4,14H2,1-2H3. The minimum absolute atomic E-state index is 0.336. The molecule has 0 aromatic heterocycles. The molecule has 0 radical (unpaired) electrons. The maximum atomic E-state index is 13.1. The summed E-state index contributed by atoms with van der Waals surface area (Å²) in [6, 6.07) is 15.5. The molecule has 2 amide bonds. The molecule has 6 heteroatoms. The smallest absolute Gasteiger partial charge is 0.338 e. The molecule has 0 spiro atoms. The summed E-state index contributed by atoms with van der Waals surface area (Å²) in [6.07, 6.45) is 0.742. The Balaban J connectivity index is 1.91.